The van der Waals surface area contributed by atoms with Crippen molar-refractivity contribution in [3.8, 4) is 0 Å². The fraction of sp³-hybridized carbons (Fsp3) is 0.667. The quantitative estimate of drug-likeness (QED) is 0.123. The van der Waals surface area contributed by atoms with Gasteiger partial charge in [-0.05, 0) is 44.4 Å². The lowest BCUT2D eigenvalue weighted by molar-refractivity contribution is -0.132. The normalized spacial score (nSPS) is 14.3. The molecule has 35 heavy (non-hydrogen) atoms. The number of nitrogens with two attached hydrogens (primary N) is 1. The van der Waals surface area contributed by atoms with Gasteiger partial charge in [-0.1, -0.05) is 27.7 Å². The van der Waals surface area contributed by atoms with Crippen LogP contribution in [0.15, 0.2) is 16.6 Å². The van der Waals surface area contributed by atoms with E-state index in [4.69, 9.17) is 5.73 Å². The van der Waals surface area contributed by atoms with Gasteiger partial charge in [-0.3, -0.25) is 24.2 Å². The van der Waals surface area contributed by atoms with Crippen molar-refractivity contribution in [2.45, 2.75) is 85.4 Å². The van der Waals surface area contributed by atoms with E-state index in [0.717, 1.165) is 0 Å². The minimum atomic E-state index is -0.859. The molecule has 0 aliphatic carbocycles. The SMILES string of the molecule is CC(=O)N[C@@H](CC(C)C)C(=O)N[C@@H](CC(C)C)C(=O)N[C@@H](CCCN=C(C)N)C(=O)c1nccs1. The molecule has 0 bridgehead atoms. The van der Waals surface area contributed by atoms with E-state index in [1.54, 1.807) is 12.3 Å². The molecule has 0 aromatic carbocycles. The zero-order chi connectivity index (χ0) is 26.5. The predicted octanol–water partition coefficient (Wildman–Crippen LogP) is 2.05. The van der Waals surface area contributed by atoms with Gasteiger partial charge in [0, 0.05) is 25.0 Å². The molecule has 0 aliphatic heterocycles. The topological polar surface area (TPSA) is 156 Å². The third-order valence-corrected chi connectivity index (χ3v) is 5.82. The van der Waals surface area contributed by atoms with Crippen molar-refractivity contribution in [2.24, 2.45) is 22.6 Å². The van der Waals surface area contributed by atoms with Crippen molar-refractivity contribution in [1.82, 2.24) is 20.9 Å². The minimum Gasteiger partial charge on any atom is -0.388 e. The molecule has 0 saturated heterocycles. The summed E-state index contributed by atoms with van der Waals surface area (Å²) in [6.45, 7) is 11.3. The number of hydrogen-bond donors (Lipinski definition) is 4. The average molecular weight is 509 g/mol. The van der Waals surface area contributed by atoms with Gasteiger partial charge in [0.1, 0.15) is 12.1 Å². The van der Waals surface area contributed by atoms with Crippen LogP contribution in [0.25, 0.3) is 0 Å². The number of carbonyl (C=O) groups excluding carboxylic acids is 4. The highest BCUT2D eigenvalue weighted by molar-refractivity contribution is 7.11. The largest absolute Gasteiger partial charge is 0.388 e. The van der Waals surface area contributed by atoms with E-state index in [1.807, 2.05) is 27.7 Å². The molecule has 0 saturated carbocycles. The summed E-state index contributed by atoms with van der Waals surface area (Å²) in [4.78, 5) is 59.1. The van der Waals surface area contributed by atoms with Crippen LogP contribution in [0.2, 0.25) is 0 Å². The number of Topliss-reactive ketones (excluding diaryl/α,β-unsaturated/α-hetero) is 1. The number of thiazole rings is 1. The van der Waals surface area contributed by atoms with Crippen LogP contribution in [0.1, 0.15) is 77.0 Å². The summed E-state index contributed by atoms with van der Waals surface area (Å²) < 4.78 is 0. The van der Waals surface area contributed by atoms with Gasteiger partial charge in [-0.15, -0.1) is 11.3 Å². The van der Waals surface area contributed by atoms with Gasteiger partial charge in [0.25, 0.3) is 0 Å². The highest BCUT2D eigenvalue weighted by Crippen LogP contribution is 2.13. The number of aromatic nitrogens is 1. The van der Waals surface area contributed by atoms with Crippen LogP contribution in [-0.2, 0) is 14.4 Å². The van der Waals surface area contributed by atoms with Crippen LogP contribution in [0.3, 0.4) is 0 Å². The van der Waals surface area contributed by atoms with E-state index in [0.29, 0.717) is 43.1 Å². The number of nitrogens with one attached hydrogen (secondary N) is 3. The van der Waals surface area contributed by atoms with E-state index >= 15 is 0 Å². The Kier molecular flexibility index (Phi) is 13.1. The number of rotatable bonds is 15. The smallest absolute Gasteiger partial charge is 0.243 e. The zero-order valence-corrected chi connectivity index (χ0v) is 22.4. The highest BCUT2D eigenvalue weighted by Gasteiger charge is 2.30. The van der Waals surface area contributed by atoms with Gasteiger partial charge in [0.2, 0.25) is 23.5 Å². The molecule has 1 rings (SSSR count). The Balaban J connectivity index is 3.03. The lowest BCUT2D eigenvalue weighted by Gasteiger charge is -2.26. The minimum absolute atomic E-state index is 0.102. The van der Waals surface area contributed by atoms with Crippen molar-refractivity contribution in [1.29, 1.82) is 0 Å². The maximum Gasteiger partial charge on any atom is 0.243 e. The van der Waals surface area contributed by atoms with Crippen molar-refractivity contribution in [3.05, 3.63) is 16.6 Å². The van der Waals surface area contributed by atoms with Crippen molar-refractivity contribution < 1.29 is 19.2 Å². The lowest BCUT2D eigenvalue weighted by atomic mass is 9.99. The van der Waals surface area contributed by atoms with Gasteiger partial charge in [0.15, 0.2) is 5.01 Å². The van der Waals surface area contributed by atoms with Gasteiger partial charge < -0.3 is 21.7 Å². The van der Waals surface area contributed by atoms with Gasteiger partial charge in [0.05, 0.1) is 11.9 Å². The highest BCUT2D eigenvalue weighted by atomic mass is 32.1. The first-order chi connectivity index (χ1) is 16.4. The molecule has 11 heteroatoms. The predicted molar refractivity (Wildman–Crippen MR) is 138 cm³/mol. The Labute approximate surface area is 211 Å². The summed E-state index contributed by atoms with van der Waals surface area (Å²) in [7, 11) is 0. The number of nitrogens with zero attached hydrogens (tertiary/aromatic N) is 2. The second kappa shape index (κ2) is 15.2. The molecule has 1 heterocycles. The molecule has 0 aliphatic rings. The molecular weight excluding hydrogens is 468 g/mol. The Bertz CT molecular complexity index is 865. The second-order valence-corrected chi connectivity index (χ2v) is 10.4. The third-order valence-electron chi connectivity index (χ3n) is 5.03. The molecule has 1 aromatic heterocycles. The number of aliphatic imine (C=N–C) groups is 1. The van der Waals surface area contributed by atoms with Gasteiger partial charge >= 0.3 is 0 Å². The molecule has 10 nitrogen and oxygen atoms in total. The lowest BCUT2D eigenvalue weighted by Crippen LogP contribution is -2.56. The molecule has 0 radical (unpaired) electrons. The third kappa shape index (κ3) is 11.9. The van der Waals surface area contributed by atoms with E-state index < -0.39 is 29.9 Å². The number of ketones is 1. The molecule has 5 N–H and O–H groups in total. The molecule has 1 aromatic rings. The van der Waals surface area contributed by atoms with Crippen molar-refractivity contribution in [3.63, 3.8) is 0 Å². The molecule has 0 spiro atoms. The van der Waals surface area contributed by atoms with Crippen molar-refractivity contribution in [2.75, 3.05) is 6.54 Å². The van der Waals surface area contributed by atoms with E-state index in [9.17, 15) is 19.2 Å². The molecule has 196 valence electrons. The van der Waals surface area contributed by atoms with E-state index in [-0.39, 0.29) is 23.5 Å². The number of amides is 3. The molecule has 3 amide bonds. The monoisotopic (exact) mass is 508 g/mol. The summed E-state index contributed by atoms with van der Waals surface area (Å²) in [5.74, 6) is -0.767. The molecule has 0 fully saturated rings. The summed E-state index contributed by atoms with van der Waals surface area (Å²) in [5, 5.41) is 10.3. The van der Waals surface area contributed by atoms with E-state index in [1.165, 1.54) is 24.5 Å². The Hall–Kier alpha value is -2.82. The zero-order valence-electron chi connectivity index (χ0n) is 21.6. The van der Waals surface area contributed by atoms with Crippen LogP contribution in [0.5, 0.6) is 0 Å². The first-order valence-electron chi connectivity index (χ1n) is 12.0. The van der Waals surface area contributed by atoms with Crippen LogP contribution in [0.4, 0.5) is 0 Å². The van der Waals surface area contributed by atoms with Crippen LogP contribution < -0.4 is 21.7 Å². The Morgan fingerprint density at radius 3 is 1.94 bits per heavy atom. The van der Waals surface area contributed by atoms with Gasteiger partial charge in [-0.2, -0.15) is 0 Å². The van der Waals surface area contributed by atoms with Crippen LogP contribution in [-0.4, -0.2) is 59.0 Å². The Morgan fingerprint density at radius 2 is 1.49 bits per heavy atom. The first-order valence-corrected chi connectivity index (χ1v) is 12.9. The summed E-state index contributed by atoms with van der Waals surface area (Å²) in [5.41, 5.74) is 5.58. The van der Waals surface area contributed by atoms with Gasteiger partial charge in [-0.25, -0.2) is 4.98 Å². The Morgan fingerprint density at radius 1 is 0.943 bits per heavy atom. The standard InChI is InChI=1S/C24H40N6O4S/c1-14(2)12-19(28-17(6)31)22(33)30-20(13-15(3)4)23(34)29-18(8-7-9-26-16(5)25)21(32)24-27-10-11-35-24/h10-11,14-15,18-20H,7-9,12-13H2,1-6H3,(H2,25,26)(H,28,31)(H,29,34)(H,30,33)/t18-,19-,20-/m0/s1. The number of amidine groups is 1. The molecule has 0 unspecified atom stereocenters. The summed E-state index contributed by atoms with van der Waals surface area (Å²) in [6, 6.07) is -2.42. The summed E-state index contributed by atoms with van der Waals surface area (Å²) in [6.07, 6.45) is 3.24. The fourth-order valence-corrected chi connectivity index (χ4v) is 4.14. The molecular formula is C24H40N6O4S. The van der Waals surface area contributed by atoms with Crippen LogP contribution in [0, 0.1) is 11.8 Å². The molecule has 3 atom stereocenters. The van der Waals surface area contributed by atoms with Crippen molar-refractivity contribution >= 4 is 40.7 Å². The summed E-state index contributed by atoms with van der Waals surface area (Å²) >= 11 is 1.21. The van der Waals surface area contributed by atoms with E-state index in [2.05, 4.69) is 25.9 Å². The average Bonchev–Trinajstić information content (AvgIpc) is 3.28. The number of carbonyl (C=O) groups is 4. The van der Waals surface area contributed by atoms with Crippen LogP contribution >= 0.6 is 11.3 Å². The maximum atomic E-state index is 13.3. The first kappa shape index (κ1) is 30.2. The second-order valence-electron chi connectivity index (χ2n) is 9.50. The maximum absolute atomic E-state index is 13.3. The number of hydrogen-bond acceptors (Lipinski definition) is 7. The fourth-order valence-electron chi connectivity index (χ4n) is 3.51.